The highest BCUT2D eigenvalue weighted by Crippen LogP contribution is 2.32. The van der Waals surface area contributed by atoms with Gasteiger partial charge in [-0.1, -0.05) is 18.6 Å². The van der Waals surface area contributed by atoms with Crippen LogP contribution in [0.15, 0.2) is 24.3 Å². The summed E-state index contributed by atoms with van der Waals surface area (Å²) in [5, 5.41) is 7.93. The molecular formula is C22H28N4O2. The summed E-state index contributed by atoms with van der Waals surface area (Å²) < 4.78 is 7.40. The molecule has 1 aromatic heterocycles. The number of nitrogens with one attached hydrogen (secondary N) is 1. The summed E-state index contributed by atoms with van der Waals surface area (Å²) in [5.41, 5.74) is 4.13. The molecule has 2 aromatic rings. The van der Waals surface area contributed by atoms with Crippen molar-refractivity contribution in [3.63, 3.8) is 0 Å². The molecule has 2 saturated carbocycles. The predicted octanol–water partition coefficient (Wildman–Crippen LogP) is 2.74. The summed E-state index contributed by atoms with van der Waals surface area (Å²) in [4.78, 5) is 15.4. The Kier molecular flexibility index (Phi) is 4.59. The van der Waals surface area contributed by atoms with Gasteiger partial charge in [0.2, 0.25) is 0 Å². The van der Waals surface area contributed by atoms with Gasteiger partial charge in [-0.15, -0.1) is 0 Å². The lowest BCUT2D eigenvalue weighted by Gasteiger charge is -2.39. The summed E-state index contributed by atoms with van der Waals surface area (Å²) in [6.07, 6.45) is 7.05. The number of ether oxygens (including phenoxy) is 1. The molecule has 3 aliphatic rings. The third kappa shape index (κ3) is 3.41. The van der Waals surface area contributed by atoms with Crippen LogP contribution in [0.2, 0.25) is 0 Å². The van der Waals surface area contributed by atoms with Gasteiger partial charge in [0, 0.05) is 42.9 Å². The molecule has 2 heterocycles. The van der Waals surface area contributed by atoms with Crippen LogP contribution >= 0.6 is 0 Å². The average molecular weight is 380 g/mol. The highest BCUT2D eigenvalue weighted by Gasteiger charge is 2.34. The summed E-state index contributed by atoms with van der Waals surface area (Å²) in [6.45, 7) is 2.58. The van der Waals surface area contributed by atoms with E-state index < -0.39 is 0 Å². The van der Waals surface area contributed by atoms with Gasteiger partial charge in [-0.2, -0.15) is 5.10 Å². The minimum atomic E-state index is -0.00129. The van der Waals surface area contributed by atoms with E-state index in [1.54, 1.807) is 7.11 Å². The van der Waals surface area contributed by atoms with Crippen LogP contribution in [-0.2, 0) is 19.5 Å². The van der Waals surface area contributed by atoms with Gasteiger partial charge in [-0.3, -0.25) is 14.4 Å². The number of carbonyl (C=O) groups is 1. The summed E-state index contributed by atoms with van der Waals surface area (Å²) in [7, 11) is 1.68. The van der Waals surface area contributed by atoms with Crippen molar-refractivity contribution in [2.24, 2.45) is 0 Å². The van der Waals surface area contributed by atoms with E-state index in [0.717, 1.165) is 49.2 Å². The zero-order chi connectivity index (χ0) is 19.1. The first-order valence-electron chi connectivity index (χ1n) is 10.5. The maximum absolute atomic E-state index is 12.9. The number of fused-ring (bicyclic) bond motifs is 1. The number of methoxy groups -OCH3 is 1. The Morgan fingerprint density at radius 2 is 2.14 bits per heavy atom. The van der Waals surface area contributed by atoms with Crippen molar-refractivity contribution in [1.82, 2.24) is 20.0 Å². The first kappa shape index (κ1) is 17.7. The number of nitrogens with zero attached hydrogens (tertiary/aromatic N) is 3. The minimum absolute atomic E-state index is 0.00129. The second-order valence-electron chi connectivity index (χ2n) is 8.34. The van der Waals surface area contributed by atoms with Crippen LogP contribution in [-0.4, -0.2) is 46.3 Å². The molecule has 2 fully saturated rings. The second-order valence-corrected chi connectivity index (χ2v) is 8.34. The summed E-state index contributed by atoms with van der Waals surface area (Å²) in [6, 6.07) is 9.12. The molecule has 6 nitrogen and oxygen atoms in total. The van der Waals surface area contributed by atoms with E-state index in [9.17, 15) is 4.79 Å². The Morgan fingerprint density at radius 1 is 1.29 bits per heavy atom. The van der Waals surface area contributed by atoms with Crippen molar-refractivity contribution in [3.8, 4) is 5.75 Å². The Labute approximate surface area is 165 Å². The van der Waals surface area contributed by atoms with E-state index in [2.05, 4.69) is 16.3 Å². The van der Waals surface area contributed by atoms with E-state index in [0.29, 0.717) is 24.3 Å². The van der Waals surface area contributed by atoms with Gasteiger partial charge >= 0.3 is 0 Å². The molecule has 0 spiro atoms. The van der Waals surface area contributed by atoms with Gasteiger partial charge in [0.15, 0.2) is 5.69 Å². The van der Waals surface area contributed by atoms with Gasteiger partial charge in [-0.25, -0.2) is 0 Å². The molecule has 1 aromatic carbocycles. The molecular weight excluding hydrogens is 352 g/mol. The van der Waals surface area contributed by atoms with Crippen molar-refractivity contribution in [2.45, 2.75) is 63.7 Å². The zero-order valence-corrected chi connectivity index (χ0v) is 16.5. The molecule has 2 aliphatic carbocycles. The molecule has 5 rings (SSSR count). The second kappa shape index (κ2) is 7.24. The Bertz CT molecular complexity index is 883. The number of rotatable bonds is 6. The lowest BCUT2D eigenvalue weighted by atomic mass is 9.89. The largest absolute Gasteiger partial charge is 0.497 e. The summed E-state index contributed by atoms with van der Waals surface area (Å²) in [5.74, 6) is 0.847. The third-order valence-corrected chi connectivity index (χ3v) is 6.35. The highest BCUT2D eigenvalue weighted by molar-refractivity contribution is 5.94. The molecule has 0 atom stereocenters. The Hall–Kier alpha value is -2.34. The van der Waals surface area contributed by atoms with Gasteiger partial charge in [-0.05, 0) is 43.4 Å². The maximum atomic E-state index is 12.9. The third-order valence-electron chi connectivity index (χ3n) is 6.35. The van der Waals surface area contributed by atoms with Crippen molar-refractivity contribution in [2.75, 3.05) is 13.7 Å². The van der Waals surface area contributed by atoms with Gasteiger partial charge < -0.3 is 10.1 Å². The van der Waals surface area contributed by atoms with Crippen LogP contribution in [0.1, 0.15) is 59.4 Å². The molecule has 1 amide bonds. The SMILES string of the molecule is COc1cccc(Cn2nc(C(=O)NC3CC3)c3c2CCN(C2CCC2)C3)c1. The molecule has 1 N–H and O–H groups in total. The van der Waals surface area contributed by atoms with Crippen LogP contribution in [0.5, 0.6) is 5.75 Å². The van der Waals surface area contributed by atoms with E-state index >= 15 is 0 Å². The van der Waals surface area contributed by atoms with Crippen molar-refractivity contribution in [1.29, 1.82) is 0 Å². The molecule has 0 radical (unpaired) electrons. The lowest BCUT2D eigenvalue weighted by molar-refractivity contribution is 0.0934. The number of hydrogen-bond donors (Lipinski definition) is 1. The van der Waals surface area contributed by atoms with E-state index in [1.165, 1.54) is 25.0 Å². The standard InChI is InChI=1S/C22H28N4O2/c1-28-18-7-2-4-15(12-18)13-26-20-10-11-25(17-5-3-6-17)14-19(20)21(24-26)22(27)23-16-8-9-16/h2,4,7,12,16-17H,3,5-6,8-11,13-14H2,1H3,(H,23,27). The first-order valence-corrected chi connectivity index (χ1v) is 10.5. The topological polar surface area (TPSA) is 59.4 Å². The number of aromatic nitrogens is 2. The first-order chi connectivity index (χ1) is 13.7. The van der Waals surface area contributed by atoms with Crippen molar-refractivity contribution >= 4 is 5.91 Å². The molecule has 0 bridgehead atoms. The Morgan fingerprint density at radius 3 is 2.86 bits per heavy atom. The fourth-order valence-electron chi connectivity index (χ4n) is 4.31. The zero-order valence-electron chi connectivity index (χ0n) is 16.5. The normalized spacial score (nSPS) is 19.8. The number of amides is 1. The molecule has 148 valence electrons. The van der Waals surface area contributed by atoms with Crippen molar-refractivity contribution < 1.29 is 9.53 Å². The number of benzene rings is 1. The van der Waals surface area contributed by atoms with Gasteiger partial charge in [0.05, 0.1) is 13.7 Å². The average Bonchev–Trinajstić information content (AvgIpc) is 3.41. The molecule has 1 aliphatic heterocycles. The smallest absolute Gasteiger partial charge is 0.272 e. The predicted molar refractivity (Wildman–Crippen MR) is 107 cm³/mol. The lowest BCUT2D eigenvalue weighted by Crippen LogP contribution is -2.43. The minimum Gasteiger partial charge on any atom is -0.497 e. The molecule has 0 saturated heterocycles. The maximum Gasteiger partial charge on any atom is 0.272 e. The quantitative estimate of drug-likeness (QED) is 0.837. The van der Waals surface area contributed by atoms with Crippen molar-refractivity contribution in [3.05, 3.63) is 46.8 Å². The van der Waals surface area contributed by atoms with Crippen LogP contribution in [0.3, 0.4) is 0 Å². The van der Waals surface area contributed by atoms with Crippen LogP contribution in [0, 0.1) is 0 Å². The van der Waals surface area contributed by atoms with Crippen LogP contribution in [0.4, 0.5) is 0 Å². The van der Waals surface area contributed by atoms with Gasteiger partial charge in [0.25, 0.3) is 5.91 Å². The molecule has 0 unspecified atom stereocenters. The van der Waals surface area contributed by atoms with Gasteiger partial charge in [0.1, 0.15) is 5.75 Å². The molecule has 28 heavy (non-hydrogen) atoms. The Balaban J connectivity index is 1.45. The number of carbonyl (C=O) groups excluding carboxylic acids is 1. The van der Waals surface area contributed by atoms with Crippen LogP contribution in [0.25, 0.3) is 0 Å². The van der Waals surface area contributed by atoms with Crippen LogP contribution < -0.4 is 10.1 Å². The van der Waals surface area contributed by atoms with E-state index in [-0.39, 0.29) is 5.91 Å². The molecule has 6 heteroatoms. The highest BCUT2D eigenvalue weighted by atomic mass is 16.5. The van der Waals surface area contributed by atoms with E-state index in [1.807, 2.05) is 22.9 Å². The monoisotopic (exact) mass is 380 g/mol. The summed E-state index contributed by atoms with van der Waals surface area (Å²) >= 11 is 0. The fourth-order valence-corrected chi connectivity index (χ4v) is 4.31. The number of hydrogen-bond acceptors (Lipinski definition) is 4. The fraction of sp³-hybridized carbons (Fsp3) is 0.545. The van der Waals surface area contributed by atoms with E-state index in [4.69, 9.17) is 9.84 Å².